The summed E-state index contributed by atoms with van der Waals surface area (Å²) >= 11 is 1.45. The number of hydrogen-bond acceptors (Lipinski definition) is 4. The Hall–Kier alpha value is -2.34. The van der Waals surface area contributed by atoms with E-state index in [0.717, 1.165) is 23.1 Å². The van der Waals surface area contributed by atoms with Crippen LogP contribution in [-0.4, -0.2) is 18.9 Å². The Bertz CT molecular complexity index is 753. The van der Waals surface area contributed by atoms with Crippen molar-refractivity contribution >= 4 is 23.2 Å². The highest BCUT2D eigenvalue weighted by Crippen LogP contribution is 2.22. The van der Waals surface area contributed by atoms with E-state index in [-0.39, 0.29) is 18.2 Å². The molecule has 2 rings (SSSR count). The Morgan fingerprint density at radius 3 is 2.54 bits per heavy atom. The van der Waals surface area contributed by atoms with Gasteiger partial charge in [-0.25, -0.2) is 0 Å². The first-order valence-corrected chi connectivity index (χ1v) is 8.58. The normalized spacial score (nSPS) is 10.3. The Balaban J connectivity index is 1.95. The third-order valence-electron chi connectivity index (χ3n) is 3.67. The summed E-state index contributed by atoms with van der Waals surface area (Å²) in [5, 5.41) is 0. The van der Waals surface area contributed by atoms with Gasteiger partial charge in [-0.05, 0) is 38.0 Å². The first-order chi connectivity index (χ1) is 11.4. The number of aryl methyl sites for hydroxylation is 3. The number of nitrogens with one attached hydrogen (secondary N) is 2. The summed E-state index contributed by atoms with van der Waals surface area (Å²) in [6, 6.07) is 7.49. The van der Waals surface area contributed by atoms with Gasteiger partial charge in [0.15, 0.2) is 0 Å². The molecule has 6 heteroatoms. The smallest absolute Gasteiger partial charge is 0.279 e. The van der Waals surface area contributed by atoms with Gasteiger partial charge < -0.3 is 4.74 Å². The highest BCUT2D eigenvalue weighted by atomic mass is 32.1. The minimum Gasteiger partial charge on any atom is -0.496 e. The number of rotatable bonds is 5. The second kappa shape index (κ2) is 7.97. The molecule has 24 heavy (non-hydrogen) atoms. The van der Waals surface area contributed by atoms with Gasteiger partial charge in [0.05, 0.1) is 18.4 Å². The van der Waals surface area contributed by atoms with Gasteiger partial charge in [-0.1, -0.05) is 24.6 Å². The Morgan fingerprint density at radius 1 is 1.17 bits per heavy atom. The molecule has 2 N–H and O–H groups in total. The van der Waals surface area contributed by atoms with Crippen molar-refractivity contribution in [3.63, 3.8) is 0 Å². The van der Waals surface area contributed by atoms with Crippen molar-refractivity contribution in [2.45, 2.75) is 33.6 Å². The van der Waals surface area contributed by atoms with E-state index in [1.807, 2.05) is 38.1 Å². The van der Waals surface area contributed by atoms with Gasteiger partial charge in [0.25, 0.3) is 5.91 Å². The van der Waals surface area contributed by atoms with Crippen LogP contribution < -0.4 is 15.6 Å². The Kier molecular flexibility index (Phi) is 5.98. The number of hydrazine groups is 1. The van der Waals surface area contributed by atoms with Gasteiger partial charge in [-0.15, -0.1) is 11.3 Å². The first kappa shape index (κ1) is 18.0. The van der Waals surface area contributed by atoms with E-state index in [9.17, 15) is 9.59 Å². The quantitative estimate of drug-likeness (QED) is 0.818. The molecule has 0 aliphatic heterocycles. The van der Waals surface area contributed by atoms with Crippen LogP contribution in [0.3, 0.4) is 0 Å². The van der Waals surface area contributed by atoms with Gasteiger partial charge in [0, 0.05) is 10.4 Å². The predicted octanol–water partition coefficient (Wildman–Crippen LogP) is 2.94. The second-order valence-electron chi connectivity index (χ2n) is 5.56. The van der Waals surface area contributed by atoms with Gasteiger partial charge in [0.1, 0.15) is 5.75 Å². The number of amides is 2. The Morgan fingerprint density at radius 2 is 1.92 bits per heavy atom. The van der Waals surface area contributed by atoms with Gasteiger partial charge in [0.2, 0.25) is 5.91 Å². The number of benzene rings is 1. The molecule has 1 aromatic carbocycles. The van der Waals surface area contributed by atoms with E-state index in [1.54, 1.807) is 7.11 Å². The molecule has 128 valence electrons. The average molecular weight is 346 g/mol. The van der Waals surface area contributed by atoms with Crippen molar-refractivity contribution in [2.24, 2.45) is 0 Å². The molecule has 0 aliphatic carbocycles. The Labute approximate surface area is 146 Å². The summed E-state index contributed by atoms with van der Waals surface area (Å²) in [5.41, 5.74) is 7.85. The van der Waals surface area contributed by atoms with Crippen LogP contribution in [0.4, 0.5) is 0 Å². The molecule has 1 aromatic heterocycles. The van der Waals surface area contributed by atoms with Gasteiger partial charge in [-0.3, -0.25) is 20.4 Å². The van der Waals surface area contributed by atoms with Gasteiger partial charge in [-0.2, -0.15) is 0 Å². The van der Waals surface area contributed by atoms with E-state index >= 15 is 0 Å². The van der Waals surface area contributed by atoms with Crippen molar-refractivity contribution in [1.29, 1.82) is 0 Å². The second-order valence-corrected chi connectivity index (χ2v) is 6.70. The minimum absolute atomic E-state index is 0.134. The fourth-order valence-corrected chi connectivity index (χ4v) is 3.44. The molecule has 0 saturated carbocycles. The zero-order valence-electron chi connectivity index (χ0n) is 14.4. The molecular weight excluding hydrogens is 324 g/mol. The molecule has 0 radical (unpaired) electrons. The van der Waals surface area contributed by atoms with Crippen LogP contribution in [0, 0.1) is 13.8 Å². The molecule has 0 bridgehead atoms. The lowest BCUT2D eigenvalue weighted by molar-refractivity contribution is -0.121. The molecule has 0 fully saturated rings. The lowest BCUT2D eigenvalue weighted by Crippen LogP contribution is -2.42. The number of hydrogen-bond donors (Lipinski definition) is 2. The molecule has 2 amide bonds. The number of carbonyl (C=O) groups is 2. The fourth-order valence-electron chi connectivity index (χ4n) is 2.43. The summed E-state index contributed by atoms with van der Waals surface area (Å²) in [7, 11) is 1.57. The van der Waals surface area contributed by atoms with Crippen molar-refractivity contribution in [2.75, 3.05) is 7.11 Å². The highest BCUT2D eigenvalue weighted by Gasteiger charge is 2.14. The van der Waals surface area contributed by atoms with Gasteiger partial charge >= 0.3 is 0 Å². The first-order valence-electron chi connectivity index (χ1n) is 7.76. The van der Waals surface area contributed by atoms with E-state index in [1.165, 1.54) is 16.2 Å². The topological polar surface area (TPSA) is 67.4 Å². The average Bonchev–Trinajstić information content (AvgIpc) is 2.94. The maximum atomic E-state index is 12.1. The van der Waals surface area contributed by atoms with Crippen LogP contribution in [0.1, 0.15) is 38.2 Å². The number of carbonyl (C=O) groups excluding carboxylic acids is 2. The molecule has 0 unspecified atom stereocenters. The number of methoxy groups -OCH3 is 1. The highest BCUT2D eigenvalue weighted by molar-refractivity contribution is 7.14. The van der Waals surface area contributed by atoms with E-state index in [2.05, 4.69) is 17.8 Å². The third-order valence-corrected chi connectivity index (χ3v) is 5.05. The molecule has 0 atom stereocenters. The van der Waals surface area contributed by atoms with Crippen LogP contribution in [0.15, 0.2) is 24.3 Å². The standard InChI is InChI=1S/C18H22N2O3S/c1-5-15-12(3)9-16(24-15)18(22)20-19-17(21)10-13-8-11(2)6-7-14(13)23-4/h6-9H,5,10H2,1-4H3,(H,19,21)(H,20,22). The van der Waals surface area contributed by atoms with Crippen molar-refractivity contribution in [3.8, 4) is 5.75 Å². The molecule has 5 nitrogen and oxygen atoms in total. The summed E-state index contributed by atoms with van der Waals surface area (Å²) in [4.78, 5) is 26.0. The van der Waals surface area contributed by atoms with Crippen molar-refractivity contribution < 1.29 is 14.3 Å². The zero-order chi connectivity index (χ0) is 17.7. The van der Waals surface area contributed by atoms with Crippen LogP contribution in [0.5, 0.6) is 5.75 Å². The molecule has 2 aromatic rings. The van der Waals surface area contributed by atoms with E-state index in [4.69, 9.17) is 4.74 Å². The largest absolute Gasteiger partial charge is 0.496 e. The summed E-state index contributed by atoms with van der Waals surface area (Å²) in [6.07, 6.45) is 1.03. The van der Waals surface area contributed by atoms with Crippen molar-refractivity contribution in [3.05, 3.63) is 50.7 Å². The maximum Gasteiger partial charge on any atom is 0.279 e. The zero-order valence-corrected chi connectivity index (χ0v) is 15.2. The van der Waals surface area contributed by atoms with Crippen LogP contribution in [0.25, 0.3) is 0 Å². The number of ether oxygens (including phenoxy) is 1. The SMILES string of the molecule is CCc1sc(C(=O)NNC(=O)Cc2cc(C)ccc2OC)cc1C. The molecular formula is C18H22N2O3S. The molecule has 0 aliphatic rings. The monoisotopic (exact) mass is 346 g/mol. The van der Waals surface area contributed by atoms with Crippen molar-refractivity contribution in [1.82, 2.24) is 10.9 Å². The van der Waals surface area contributed by atoms with Crippen LogP contribution in [0.2, 0.25) is 0 Å². The lowest BCUT2D eigenvalue weighted by Gasteiger charge is -2.10. The number of thiophene rings is 1. The van der Waals surface area contributed by atoms with Crippen LogP contribution in [-0.2, 0) is 17.6 Å². The minimum atomic E-state index is -0.299. The van der Waals surface area contributed by atoms with E-state index < -0.39 is 0 Å². The third kappa shape index (κ3) is 4.35. The molecule has 0 spiro atoms. The lowest BCUT2D eigenvalue weighted by atomic mass is 10.1. The summed E-state index contributed by atoms with van der Waals surface area (Å²) < 4.78 is 5.26. The van der Waals surface area contributed by atoms with E-state index in [0.29, 0.717) is 10.6 Å². The summed E-state index contributed by atoms with van der Waals surface area (Å²) in [5.74, 6) is 0.0622. The maximum absolute atomic E-state index is 12.1. The summed E-state index contributed by atoms with van der Waals surface area (Å²) in [6.45, 7) is 5.99. The molecule has 1 heterocycles. The molecule has 0 saturated heterocycles. The fraction of sp³-hybridized carbons (Fsp3) is 0.333. The predicted molar refractivity (Wildman–Crippen MR) is 95.5 cm³/mol. The van der Waals surface area contributed by atoms with Crippen LogP contribution >= 0.6 is 11.3 Å².